The fourth-order valence-corrected chi connectivity index (χ4v) is 4.11. The number of hydrogen-bond acceptors (Lipinski definition) is 7. The first-order valence-electron chi connectivity index (χ1n) is 10.4. The molecule has 3 heterocycles. The third-order valence-corrected chi connectivity index (χ3v) is 5.93. The van der Waals surface area contributed by atoms with Crippen molar-refractivity contribution in [3.8, 4) is 0 Å². The van der Waals surface area contributed by atoms with E-state index in [1.165, 1.54) is 16.8 Å². The predicted octanol–water partition coefficient (Wildman–Crippen LogP) is 2.24. The van der Waals surface area contributed by atoms with Crippen molar-refractivity contribution in [2.45, 2.75) is 26.4 Å². The van der Waals surface area contributed by atoms with Crippen molar-refractivity contribution in [2.24, 2.45) is 0 Å². The van der Waals surface area contributed by atoms with Crippen LogP contribution >= 0.6 is 0 Å². The summed E-state index contributed by atoms with van der Waals surface area (Å²) >= 11 is 0. The Morgan fingerprint density at radius 2 is 1.80 bits per heavy atom. The lowest BCUT2D eigenvalue weighted by Crippen LogP contribution is -2.48. The van der Waals surface area contributed by atoms with E-state index in [9.17, 15) is 0 Å². The molecule has 8 heteroatoms. The number of tetrazole rings is 1. The lowest BCUT2D eigenvalue weighted by atomic mass is 10.0. The number of ether oxygens (including phenoxy) is 1. The lowest BCUT2D eigenvalue weighted by molar-refractivity contribution is 0.171. The van der Waals surface area contributed by atoms with Crippen molar-refractivity contribution in [3.63, 3.8) is 0 Å². The van der Waals surface area contributed by atoms with Gasteiger partial charge in [-0.25, -0.2) is 4.68 Å². The maximum absolute atomic E-state index is 5.24. The van der Waals surface area contributed by atoms with E-state index in [4.69, 9.17) is 4.74 Å². The molecule has 30 heavy (non-hydrogen) atoms. The number of pyridine rings is 1. The first-order chi connectivity index (χ1) is 14.7. The topological polar surface area (TPSA) is 72.2 Å². The van der Waals surface area contributed by atoms with E-state index < -0.39 is 0 Å². The molecule has 1 aromatic carbocycles. The van der Waals surface area contributed by atoms with Crippen LogP contribution in [0.25, 0.3) is 0 Å². The molecule has 0 spiro atoms. The van der Waals surface area contributed by atoms with Gasteiger partial charge in [0.05, 0.1) is 19.2 Å². The zero-order chi connectivity index (χ0) is 20.9. The predicted molar refractivity (Wildman–Crippen MR) is 115 cm³/mol. The summed E-state index contributed by atoms with van der Waals surface area (Å²) in [6.07, 6.45) is 3.66. The van der Waals surface area contributed by atoms with Gasteiger partial charge in [-0.3, -0.25) is 9.88 Å². The third kappa shape index (κ3) is 4.20. The molecule has 3 aromatic rings. The van der Waals surface area contributed by atoms with Crippen molar-refractivity contribution >= 4 is 5.69 Å². The number of piperazine rings is 1. The largest absolute Gasteiger partial charge is 0.383 e. The SMILES string of the molecule is COCCn1nnnc1[C@H](c1ccncc1)N1CCN(c2cccc(C)c2C)CC1. The average Bonchev–Trinajstić information content (AvgIpc) is 3.24. The number of aryl methyl sites for hydroxylation is 1. The highest BCUT2D eigenvalue weighted by Gasteiger charge is 2.31. The monoisotopic (exact) mass is 407 g/mol. The van der Waals surface area contributed by atoms with Crippen LogP contribution in [0.2, 0.25) is 0 Å². The van der Waals surface area contributed by atoms with Gasteiger partial charge < -0.3 is 9.64 Å². The van der Waals surface area contributed by atoms with Gasteiger partial charge in [-0.1, -0.05) is 12.1 Å². The van der Waals surface area contributed by atoms with Crippen molar-refractivity contribution < 1.29 is 4.74 Å². The molecule has 0 N–H and O–H groups in total. The second-order valence-electron chi connectivity index (χ2n) is 7.68. The molecule has 0 bridgehead atoms. The fourth-order valence-electron chi connectivity index (χ4n) is 4.11. The van der Waals surface area contributed by atoms with Gasteiger partial charge in [0.1, 0.15) is 0 Å². The summed E-state index contributed by atoms with van der Waals surface area (Å²) in [7, 11) is 1.69. The Kier molecular flexibility index (Phi) is 6.35. The van der Waals surface area contributed by atoms with Gasteiger partial charge in [0.15, 0.2) is 5.82 Å². The number of methoxy groups -OCH3 is 1. The van der Waals surface area contributed by atoms with Crippen LogP contribution in [0.15, 0.2) is 42.7 Å². The van der Waals surface area contributed by atoms with Gasteiger partial charge in [-0.05, 0) is 59.2 Å². The van der Waals surface area contributed by atoms with Crippen molar-refractivity contribution in [1.82, 2.24) is 30.1 Å². The van der Waals surface area contributed by atoms with Gasteiger partial charge >= 0.3 is 0 Å². The highest BCUT2D eigenvalue weighted by atomic mass is 16.5. The fraction of sp³-hybridized carbons (Fsp3) is 0.455. The summed E-state index contributed by atoms with van der Waals surface area (Å²) in [4.78, 5) is 9.14. The van der Waals surface area contributed by atoms with Crippen LogP contribution in [-0.4, -0.2) is 70.0 Å². The normalized spacial score (nSPS) is 16.0. The van der Waals surface area contributed by atoms with Crippen LogP contribution in [0.1, 0.15) is 28.6 Å². The number of rotatable bonds is 7. The Labute approximate surface area is 177 Å². The van der Waals surface area contributed by atoms with Crippen LogP contribution in [-0.2, 0) is 11.3 Å². The molecule has 1 saturated heterocycles. The van der Waals surface area contributed by atoms with Crippen LogP contribution < -0.4 is 4.90 Å². The van der Waals surface area contributed by atoms with Gasteiger partial charge in [-0.2, -0.15) is 0 Å². The second kappa shape index (κ2) is 9.32. The Balaban J connectivity index is 1.57. The number of nitrogens with zero attached hydrogens (tertiary/aromatic N) is 7. The summed E-state index contributed by atoms with van der Waals surface area (Å²) in [6, 6.07) is 10.6. The molecule has 1 fully saturated rings. The van der Waals surface area contributed by atoms with Gasteiger partial charge in [0.2, 0.25) is 0 Å². The number of aromatic nitrogens is 5. The molecule has 0 amide bonds. The highest BCUT2D eigenvalue weighted by molar-refractivity contribution is 5.56. The molecule has 0 aliphatic carbocycles. The standard InChI is InChI=1S/C22H29N7O/c1-17-5-4-6-20(18(17)2)27-11-13-28(14-12-27)21(19-7-9-23-10-8-19)22-24-25-26-29(22)15-16-30-3/h4-10,21H,11-16H2,1-3H3/t21-/m0/s1. The van der Waals surface area contributed by atoms with Crippen molar-refractivity contribution in [3.05, 3.63) is 65.2 Å². The molecule has 158 valence electrons. The molecule has 2 aromatic heterocycles. The first kappa shape index (κ1) is 20.4. The number of hydrogen-bond donors (Lipinski definition) is 0. The zero-order valence-corrected chi connectivity index (χ0v) is 17.9. The number of benzene rings is 1. The second-order valence-corrected chi connectivity index (χ2v) is 7.68. The van der Waals surface area contributed by atoms with Gasteiger partial charge in [0.25, 0.3) is 0 Å². The van der Waals surface area contributed by atoms with Crippen LogP contribution in [0.5, 0.6) is 0 Å². The lowest BCUT2D eigenvalue weighted by Gasteiger charge is -2.40. The quantitative estimate of drug-likeness (QED) is 0.595. The van der Waals surface area contributed by atoms with E-state index in [2.05, 4.69) is 74.5 Å². The van der Waals surface area contributed by atoms with E-state index in [-0.39, 0.29) is 6.04 Å². The van der Waals surface area contributed by atoms with Crippen LogP contribution in [0.4, 0.5) is 5.69 Å². The molecule has 1 aliphatic heterocycles. The zero-order valence-electron chi connectivity index (χ0n) is 17.9. The molecule has 0 radical (unpaired) electrons. The molecule has 1 atom stereocenters. The minimum absolute atomic E-state index is 0.0133. The molecule has 4 rings (SSSR count). The van der Waals surface area contributed by atoms with E-state index >= 15 is 0 Å². The summed E-state index contributed by atoms with van der Waals surface area (Å²) in [5.41, 5.74) is 5.18. The van der Waals surface area contributed by atoms with E-state index in [1.807, 2.05) is 17.1 Å². The maximum Gasteiger partial charge on any atom is 0.173 e. The average molecular weight is 408 g/mol. The van der Waals surface area contributed by atoms with E-state index in [0.29, 0.717) is 13.2 Å². The summed E-state index contributed by atoms with van der Waals surface area (Å²) < 4.78 is 7.09. The van der Waals surface area contributed by atoms with E-state index in [1.54, 1.807) is 7.11 Å². The molecule has 0 unspecified atom stereocenters. The molecule has 8 nitrogen and oxygen atoms in total. The summed E-state index contributed by atoms with van der Waals surface area (Å²) in [6.45, 7) is 9.37. The minimum Gasteiger partial charge on any atom is -0.383 e. The van der Waals surface area contributed by atoms with Crippen LogP contribution in [0.3, 0.4) is 0 Å². The molecular weight excluding hydrogens is 378 g/mol. The Bertz CT molecular complexity index is 951. The Hall–Kier alpha value is -2.84. The molecular formula is C22H29N7O. The third-order valence-electron chi connectivity index (χ3n) is 5.93. The summed E-state index contributed by atoms with van der Waals surface area (Å²) in [5, 5.41) is 12.6. The summed E-state index contributed by atoms with van der Waals surface area (Å²) in [5.74, 6) is 0.846. The number of anilines is 1. The minimum atomic E-state index is -0.0133. The van der Waals surface area contributed by atoms with Crippen molar-refractivity contribution in [2.75, 3.05) is 44.8 Å². The molecule has 0 saturated carbocycles. The van der Waals surface area contributed by atoms with Crippen molar-refractivity contribution in [1.29, 1.82) is 0 Å². The highest BCUT2D eigenvalue weighted by Crippen LogP contribution is 2.30. The Morgan fingerprint density at radius 3 is 2.53 bits per heavy atom. The maximum atomic E-state index is 5.24. The van der Waals surface area contributed by atoms with Crippen LogP contribution in [0, 0.1) is 13.8 Å². The van der Waals surface area contributed by atoms with Gasteiger partial charge in [-0.15, -0.1) is 5.10 Å². The first-order valence-corrected chi connectivity index (χ1v) is 10.4. The molecule has 1 aliphatic rings. The Morgan fingerprint density at radius 1 is 1.03 bits per heavy atom. The van der Waals surface area contributed by atoms with E-state index in [0.717, 1.165) is 37.6 Å². The van der Waals surface area contributed by atoms with Gasteiger partial charge in [0, 0.05) is 51.4 Å². The smallest absolute Gasteiger partial charge is 0.173 e.